The lowest BCUT2D eigenvalue weighted by Gasteiger charge is -2.08. The molecule has 0 atom stereocenters. The first kappa shape index (κ1) is 22.5. The number of carbonyl (C=O) groups excluding carboxylic acids is 1. The molecule has 148 valence electrons. The number of esters is 1. The SMILES string of the molecule is CC(=O)OCCCCCCCCCCCOc1cccc(CCCO)c1. The largest absolute Gasteiger partial charge is 0.494 e. The molecule has 0 aliphatic heterocycles. The van der Waals surface area contributed by atoms with Crippen LogP contribution in [0, 0.1) is 0 Å². The lowest BCUT2D eigenvalue weighted by Crippen LogP contribution is -2.00. The molecule has 0 fully saturated rings. The third-order valence-corrected chi connectivity index (χ3v) is 4.38. The van der Waals surface area contributed by atoms with E-state index in [0.29, 0.717) is 6.61 Å². The van der Waals surface area contributed by atoms with E-state index >= 15 is 0 Å². The zero-order chi connectivity index (χ0) is 18.9. The highest BCUT2D eigenvalue weighted by atomic mass is 16.5. The summed E-state index contributed by atoms with van der Waals surface area (Å²) in [6.07, 6.45) is 12.5. The van der Waals surface area contributed by atoms with Crippen LogP contribution >= 0.6 is 0 Å². The van der Waals surface area contributed by atoms with Crippen LogP contribution in [0.5, 0.6) is 5.75 Å². The highest BCUT2D eigenvalue weighted by molar-refractivity contribution is 5.65. The monoisotopic (exact) mass is 364 g/mol. The molecule has 1 aromatic carbocycles. The third-order valence-electron chi connectivity index (χ3n) is 4.38. The van der Waals surface area contributed by atoms with Crippen LogP contribution < -0.4 is 4.74 Å². The Labute approximate surface area is 158 Å². The number of ether oxygens (including phenoxy) is 2. The Morgan fingerprint density at radius 3 is 2.12 bits per heavy atom. The fourth-order valence-corrected chi connectivity index (χ4v) is 2.92. The minimum atomic E-state index is -0.177. The van der Waals surface area contributed by atoms with Crippen LogP contribution in [0.25, 0.3) is 0 Å². The lowest BCUT2D eigenvalue weighted by atomic mass is 10.1. The maximum atomic E-state index is 10.6. The van der Waals surface area contributed by atoms with Crippen LogP contribution in [0.1, 0.15) is 76.7 Å². The van der Waals surface area contributed by atoms with Gasteiger partial charge in [-0.05, 0) is 43.4 Å². The van der Waals surface area contributed by atoms with Crippen molar-refractivity contribution < 1.29 is 19.4 Å². The summed E-state index contributed by atoms with van der Waals surface area (Å²) in [6, 6.07) is 8.19. The molecule has 1 aromatic rings. The van der Waals surface area contributed by atoms with Gasteiger partial charge in [0, 0.05) is 13.5 Å². The zero-order valence-corrected chi connectivity index (χ0v) is 16.4. The highest BCUT2D eigenvalue weighted by Gasteiger charge is 1.98. The predicted octanol–water partition coefficient (Wildman–Crippen LogP) is 5.06. The number of hydrogen-bond donors (Lipinski definition) is 1. The van der Waals surface area contributed by atoms with Gasteiger partial charge in [-0.25, -0.2) is 0 Å². The molecule has 4 heteroatoms. The maximum absolute atomic E-state index is 10.6. The average molecular weight is 365 g/mol. The molecular formula is C22H36O4. The number of unbranched alkanes of at least 4 members (excludes halogenated alkanes) is 8. The molecule has 0 aliphatic rings. The number of aryl methyl sites for hydroxylation is 1. The summed E-state index contributed by atoms with van der Waals surface area (Å²) in [7, 11) is 0. The first-order valence-electron chi connectivity index (χ1n) is 10.2. The molecule has 0 bridgehead atoms. The summed E-state index contributed by atoms with van der Waals surface area (Å²) >= 11 is 0. The van der Waals surface area contributed by atoms with Gasteiger partial charge < -0.3 is 14.6 Å². The Kier molecular flexibility index (Phi) is 13.6. The van der Waals surface area contributed by atoms with Crippen LogP contribution in [0.3, 0.4) is 0 Å². The first-order chi connectivity index (χ1) is 12.7. The lowest BCUT2D eigenvalue weighted by molar-refractivity contribution is -0.141. The van der Waals surface area contributed by atoms with Gasteiger partial charge in [-0.3, -0.25) is 4.79 Å². The molecule has 4 nitrogen and oxygen atoms in total. The molecule has 0 saturated carbocycles. The van der Waals surface area contributed by atoms with Crippen LogP contribution in [0.15, 0.2) is 24.3 Å². The Morgan fingerprint density at radius 2 is 1.50 bits per heavy atom. The van der Waals surface area contributed by atoms with Gasteiger partial charge in [-0.15, -0.1) is 0 Å². The standard InChI is InChI=1S/C22H36O4/c1-20(24)25-17-9-7-5-3-2-4-6-8-10-18-26-22-15-11-13-21(19-22)14-12-16-23/h11,13,15,19,23H,2-10,12,14,16-18H2,1H3. The van der Waals surface area contributed by atoms with Crippen molar-refractivity contribution in [2.75, 3.05) is 19.8 Å². The van der Waals surface area contributed by atoms with Gasteiger partial charge in [-0.2, -0.15) is 0 Å². The second-order valence-electron chi connectivity index (χ2n) is 6.85. The fraction of sp³-hybridized carbons (Fsp3) is 0.682. The summed E-state index contributed by atoms with van der Waals surface area (Å²) in [6.45, 7) is 3.04. The van der Waals surface area contributed by atoms with Crippen molar-refractivity contribution >= 4 is 5.97 Å². The van der Waals surface area contributed by atoms with E-state index < -0.39 is 0 Å². The molecule has 26 heavy (non-hydrogen) atoms. The molecule has 1 rings (SSSR count). The summed E-state index contributed by atoms with van der Waals surface area (Å²) in [5, 5.41) is 8.89. The molecule has 0 unspecified atom stereocenters. The van der Waals surface area contributed by atoms with Crippen molar-refractivity contribution in [3.63, 3.8) is 0 Å². The van der Waals surface area contributed by atoms with Crippen molar-refractivity contribution in [3.05, 3.63) is 29.8 Å². The Balaban J connectivity index is 1.90. The molecule has 0 heterocycles. The van der Waals surface area contributed by atoms with E-state index in [-0.39, 0.29) is 12.6 Å². The van der Waals surface area contributed by atoms with E-state index in [2.05, 4.69) is 12.1 Å². The van der Waals surface area contributed by atoms with Crippen molar-refractivity contribution in [1.82, 2.24) is 0 Å². The Bertz CT molecular complexity index is 473. The van der Waals surface area contributed by atoms with Gasteiger partial charge in [0.05, 0.1) is 13.2 Å². The molecule has 0 saturated heterocycles. The smallest absolute Gasteiger partial charge is 0.302 e. The molecule has 0 aliphatic carbocycles. The molecule has 0 aromatic heterocycles. The normalized spacial score (nSPS) is 10.7. The minimum Gasteiger partial charge on any atom is -0.494 e. The van der Waals surface area contributed by atoms with Crippen molar-refractivity contribution in [3.8, 4) is 5.75 Å². The second kappa shape index (κ2) is 15.7. The highest BCUT2D eigenvalue weighted by Crippen LogP contribution is 2.16. The number of aliphatic hydroxyl groups excluding tert-OH is 1. The number of benzene rings is 1. The van der Waals surface area contributed by atoms with E-state index in [9.17, 15) is 4.79 Å². The van der Waals surface area contributed by atoms with Crippen LogP contribution in [0.4, 0.5) is 0 Å². The van der Waals surface area contributed by atoms with E-state index in [1.165, 1.54) is 51.0 Å². The number of carbonyl (C=O) groups is 1. The number of aliphatic hydroxyl groups is 1. The van der Waals surface area contributed by atoms with E-state index in [4.69, 9.17) is 14.6 Å². The van der Waals surface area contributed by atoms with Crippen molar-refractivity contribution in [1.29, 1.82) is 0 Å². The Hall–Kier alpha value is -1.55. The topological polar surface area (TPSA) is 55.8 Å². The molecule has 1 N–H and O–H groups in total. The van der Waals surface area contributed by atoms with Crippen molar-refractivity contribution in [2.45, 2.75) is 77.6 Å². The minimum absolute atomic E-state index is 0.177. The van der Waals surface area contributed by atoms with Gasteiger partial charge in [0.15, 0.2) is 0 Å². The predicted molar refractivity (Wildman–Crippen MR) is 106 cm³/mol. The summed E-state index contributed by atoms with van der Waals surface area (Å²) < 4.78 is 10.7. The van der Waals surface area contributed by atoms with E-state index in [1.54, 1.807) is 0 Å². The zero-order valence-electron chi connectivity index (χ0n) is 16.4. The average Bonchev–Trinajstić information content (AvgIpc) is 2.64. The molecule has 0 spiro atoms. The second-order valence-corrected chi connectivity index (χ2v) is 6.85. The molecule has 0 amide bonds. The van der Waals surface area contributed by atoms with Gasteiger partial charge in [0.25, 0.3) is 0 Å². The molecule has 0 radical (unpaired) electrons. The van der Waals surface area contributed by atoms with Crippen LogP contribution in [0.2, 0.25) is 0 Å². The maximum Gasteiger partial charge on any atom is 0.302 e. The summed E-state index contributed by atoms with van der Waals surface area (Å²) in [5.41, 5.74) is 1.23. The first-order valence-corrected chi connectivity index (χ1v) is 10.2. The van der Waals surface area contributed by atoms with Crippen LogP contribution in [-0.4, -0.2) is 30.9 Å². The van der Waals surface area contributed by atoms with Gasteiger partial charge in [-0.1, -0.05) is 57.1 Å². The molecular weight excluding hydrogens is 328 g/mol. The summed E-state index contributed by atoms with van der Waals surface area (Å²) in [5.74, 6) is 0.762. The van der Waals surface area contributed by atoms with E-state index in [0.717, 1.165) is 44.5 Å². The van der Waals surface area contributed by atoms with Gasteiger partial charge in [0.2, 0.25) is 0 Å². The fourth-order valence-electron chi connectivity index (χ4n) is 2.92. The van der Waals surface area contributed by atoms with E-state index in [1.807, 2.05) is 12.1 Å². The van der Waals surface area contributed by atoms with Crippen LogP contribution in [-0.2, 0) is 16.0 Å². The van der Waals surface area contributed by atoms with Gasteiger partial charge in [0.1, 0.15) is 5.75 Å². The van der Waals surface area contributed by atoms with Gasteiger partial charge >= 0.3 is 5.97 Å². The quantitative estimate of drug-likeness (QED) is 0.329. The summed E-state index contributed by atoms with van der Waals surface area (Å²) in [4.78, 5) is 10.6. The number of rotatable bonds is 16. The third kappa shape index (κ3) is 12.8. The van der Waals surface area contributed by atoms with Crippen molar-refractivity contribution in [2.24, 2.45) is 0 Å². The number of hydrogen-bond acceptors (Lipinski definition) is 4. The Morgan fingerprint density at radius 1 is 0.885 bits per heavy atom.